The van der Waals surface area contributed by atoms with E-state index in [1.54, 1.807) is 0 Å². The number of aryl methyl sites for hydroxylation is 1. The Labute approximate surface area is 126 Å². The van der Waals surface area contributed by atoms with Crippen LogP contribution >= 0.6 is 15.9 Å². The molecule has 0 aliphatic rings. The smallest absolute Gasteiger partial charge is 0.0210 e. The van der Waals surface area contributed by atoms with Crippen LogP contribution < -0.4 is 0 Å². The van der Waals surface area contributed by atoms with Gasteiger partial charge in [0.1, 0.15) is 0 Å². The summed E-state index contributed by atoms with van der Waals surface area (Å²) in [4.78, 5) is 0. The Bertz CT molecular complexity index is 967. The molecule has 0 aliphatic carbocycles. The summed E-state index contributed by atoms with van der Waals surface area (Å²) in [5.74, 6) is 0. The molecular formula is C19H13Br. The molecule has 0 saturated carbocycles. The third-order valence-electron chi connectivity index (χ3n) is 4.00. The molecule has 4 aromatic carbocycles. The van der Waals surface area contributed by atoms with Crippen molar-refractivity contribution in [2.75, 3.05) is 0 Å². The van der Waals surface area contributed by atoms with E-state index in [2.05, 4.69) is 83.5 Å². The molecule has 0 bridgehead atoms. The molecule has 96 valence electrons. The number of benzene rings is 4. The lowest BCUT2D eigenvalue weighted by Crippen LogP contribution is -1.83. The average molecular weight is 321 g/mol. The molecule has 20 heavy (non-hydrogen) atoms. The minimum absolute atomic E-state index is 1.17. The van der Waals surface area contributed by atoms with Crippen LogP contribution in [0.3, 0.4) is 0 Å². The van der Waals surface area contributed by atoms with Gasteiger partial charge < -0.3 is 0 Å². The third kappa shape index (κ3) is 1.66. The number of hydrogen-bond donors (Lipinski definition) is 0. The van der Waals surface area contributed by atoms with Crippen LogP contribution in [0, 0.1) is 6.92 Å². The maximum Gasteiger partial charge on any atom is 0.0210 e. The van der Waals surface area contributed by atoms with Crippen LogP contribution in [-0.2, 0) is 0 Å². The van der Waals surface area contributed by atoms with Gasteiger partial charge in [-0.25, -0.2) is 0 Å². The quantitative estimate of drug-likeness (QED) is 0.337. The molecule has 0 spiro atoms. The highest BCUT2D eigenvalue weighted by Crippen LogP contribution is 2.34. The van der Waals surface area contributed by atoms with Gasteiger partial charge in [0.15, 0.2) is 0 Å². The zero-order chi connectivity index (χ0) is 13.7. The van der Waals surface area contributed by atoms with Gasteiger partial charge in [0, 0.05) is 4.47 Å². The highest BCUT2D eigenvalue weighted by atomic mass is 79.9. The van der Waals surface area contributed by atoms with E-state index in [1.807, 2.05) is 0 Å². The van der Waals surface area contributed by atoms with E-state index < -0.39 is 0 Å². The van der Waals surface area contributed by atoms with Gasteiger partial charge in [-0.15, -0.1) is 0 Å². The normalized spacial score (nSPS) is 11.5. The number of fused-ring (bicyclic) bond motifs is 5. The fourth-order valence-electron chi connectivity index (χ4n) is 2.96. The van der Waals surface area contributed by atoms with Gasteiger partial charge in [-0.3, -0.25) is 0 Å². The summed E-state index contributed by atoms with van der Waals surface area (Å²) in [6.07, 6.45) is 0. The molecule has 0 atom stereocenters. The number of halogens is 1. The first-order chi connectivity index (χ1) is 9.74. The van der Waals surface area contributed by atoms with Crippen molar-refractivity contribution in [2.45, 2.75) is 6.92 Å². The van der Waals surface area contributed by atoms with Crippen LogP contribution in [-0.4, -0.2) is 0 Å². The molecule has 0 unspecified atom stereocenters. The van der Waals surface area contributed by atoms with Gasteiger partial charge >= 0.3 is 0 Å². The van der Waals surface area contributed by atoms with E-state index in [4.69, 9.17) is 0 Å². The minimum Gasteiger partial charge on any atom is -0.0616 e. The lowest BCUT2D eigenvalue weighted by Gasteiger charge is -2.09. The van der Waals surface area contributed by atoms with Crippen LogP contribution in [0.25, 0.3) is 32.3 Å². The van der Waals surface area contributed by atoms with Crippen molar-refractivity contribution in [3.8, 4) is 0 Å². The molecule has 4 aromatic rings. The predicted molar refractivity (Wildman–Crippen MR) is 91.4 cm³/mol. The Kier molecular flexibility index (Phi) is 2.58. The molecule has 0 amide bonds. The van der Waals surface area contributed by atoms with Crippen molar-refractivity contribution >= 4 is 48.2 Å². The topological polar surface area (TPSA) is 0 Å². The average Bonchev–Trinajstić information content (AvgIpc) is 2.48. The Morgan fingerprint density at radius 2 is 1.40 bits per heavy atom. The van der Waals surface area contributed by atoms with Crippen molar-refractivity contribution in [1.82, 2.24) is 0 Å². The third-order valence-corrected chi connectivity index (χ3v) is 4.86. The molecule has 0 radical (unpaired) electrons. The van der Waals surface area contributed by atoms with Crippen molar-refractivity contribution in [2.24, 2.45) is 0 Å². The Morgan fingerprint density at radius 3 is 2.25 bits per heavy atom. The SMILES string of the molecule is Cc1cc2c(ccc3ccc4ccccc4c32)cc1Br. The van der Waals surface area contributed by atoms with Crippen molar-refractivity contribution in [1.29, 1.82) is 0 Å². The van der Waals surface area contributed by atoms with Crippen LogP contribution in [0.15, 0.2) is 65.1 Å². The van der Waals surface area contributed by atoms with E-state index in [9.17, 15) is 0 Å². The highest BCUT2D eigenvalue weighted by molar-refractivity contribution is 9.10. The van der Waals surface area contributed by atoms with E-state index in [0.717, 1.165) is 0 Å². The van der Waals surface area contributed by atoms with Crippen LogP contribution in [0.1, 0.15) is 5.56 Å². The molecule has 0 fully saturated rings. The Hall–Kier alpha value is -1.86. The predicted octanol–water partition coefficient (Wildman–Crippen LogP) is 6.22. The number of hydrogen-bond acceptors (Lipinski definition) is 0. The van der Waals surface area contributed by atoms with Gasteiger partial charge in [-0.05, 0) is 56.9 Å². The molecule has 0 saturated heterocycles. The molecule has 0 N–H and O–H groups in total. The maximum atomic E-state index is 3.63. The lowest BCUT2D eigenvalue weighted by atomic mass is 9.95. The van der Waals surface area contributed by atoms with Gasteiger partial charge in [0.25, 0.3) is 0 Å². The van der Waals surface area contributed by atoms with Gasteiger partial charge in [0.2, 0.25) is 0 Å². The molecule has 4 rings (SSSR count). The zero-order valence-corrected chi connectivity index (χ0v) is 12.7. The highest BCUT2D eigenvalue weighted by Gasteiger charge is 2.06. The second-order valence-electron chi connectivity index (χ2n) is 5.27. The van der Waals surface area contributed by atoms with Gasteiger partial charge in [0.05, 0.1) is 0 Å². The van der Waals surface area contributed by atoms with Crippen molar-refractivity contribution < 1.29 is 0 Å². The summed E-state index contributed by atoms with van der Waals surface area (Å²) in [6, 6.07) is 22.0. The van der Waals surface area contributed by atoms with Crippen LogP contribution in [0.4, 0.5) is 0 Å². The summed E-state index contributed by atoms with van der Waals surface area (Å²) in [5.41, 5.74) is 1.28. The first-order valence-electron chi connectivity index (χ1n) is 6.74. The monoisotopic (exact) mass is 320 g/mol. The fraction of sp³-hybridized carbons (Fsp3) is 0.0526. The molecule has 0 aromatic heterocycles. The van der Waals surface area contributed by atoms with Gasteiger partial charge in [-0.2, -0.15) is 0 Å². The summed E-state index contributed by atoms with van der Waals surface area (Å²) in [7, 11) is 0. The molecular weight excluding hydrogens is 308 g/mol. The standard InChI is InChI=1S/C19H13Br/c1-12-10-17-15(11-18(12)20)9-8-14-7-6-13-4-2-3-5-16(13)19(14)17/h2-11H,1H3. The summed E-state index contributed by atoms with van der Waals surface area (Å²) >= 11 is 3.63. The van der Waals surface area contributed by atoms with Crippen LogP contribution in [0.2, 0.25) is 0 Å². The first kappa shape index (κ1) is 11.9. The van der Waals surface area contributed by atoms with E-state index in [0.29, 0.717) is 0 Å². The summed E-state index contributed by atoms with van der Waals surface area (Å²) in [5, 5.41) is 7.91. The fourth-order valence-corrected chi connectivity index (χ4v) is 3.32. The van der Waals surface area contributed by atoms with Crippen LogP contribution in [0.5, 0.6) is 0 Å². The Balaban J connectivity index is 2.33. The molecule has 1 heteroatoms. The Morgan fingerprint density at radius 1 is 0.700 bits per heavy atom. The second-order valence-corrected chi connectivity index (χ2v) is 6.13. The lowest BCUT2D eigenvalue weighted by molar-refractivity contribution is 1.47. The largest absolute Gasteiger partial charge is 0.0616 e. The second kappa shape index (κ2) is 4.32. The van der Waals surface area contributed by atoms with E-state index in [1.165, 1.54) is 42.4 Å². The van der Waals surface area contributed by atoms with E-state index in [-0.39, 0.29) is 0 Å². The molecule has 0 aliphatic heterocycles. The summed E-state index contributed by atoms with van der Waals surface area (Å²) in [6.45, 7) is 2.15. The summed E-state index contributed by atoms with van der Waals surface area (Å²) < 4.78 is 1.17. The minimum atomic E-state index is 1.17. The van der Waals surface area contributed by atoms with Gasteiger partial charge in [-0.1, -0.05) is 64.5 Å². The van der Waals surface area contributed by atoms with E-state index >= 15 is 0 Å². The maximum absolute atomic E-state index is 3.63. The number of rotatable bonds is 0. The van der Waals surface area contributed by atoms with Crippen molar-refractivity contribution in [3.63, 3.8) is 0 Å². The first-order valence-corrected chi connectivity index (χ1v) is 7.54. The van der Waals surface area contributed by atoms with Crippen molar-refractivity contribution in [3.05, 3.63) is 70.7 Å². The zero-order valence-electron chi connectivity index (χ0n) is 11.2. The molecule has 0 nitrogen and oxygen atoms in total. The molecule has 0 heterocycles.